The van der Waals surface area contributed by atoms with Gasteiger partial charge < -0.3 is 0 Å². The first-order valence-corrected chi connectivity index (χ1v) is 4.15. The van der Waals surface area contributed by atoms with Crippen molar-refractivity contribution >= 4 is 0 Å². The molecule has 0 amide bonds. The molecule has 0 aromatic rings. The third kappa shape index (κ3) is 1.35. The molecule has 0 spiro atoms. The van der Waals surface area contributed by atoms with Gasteiger partial charge in [-0.15, -0.1) is 0 Å². The fourth-order valence-electron chi connectivity index (χ4n) is 1.62. The van der Waals surface area contributed by atoms with Gasteiger partial charge >= 0.3 is 0 Å². The molecule has 0 nitrogen and oxygen atoms in total. The molecule has 1 unspecified atom stereocenters. The second kappa shape index (κ2) is 2.91. The lowest BCUT2D eigenvalue weighted by atomic mass is 9.88. The molecule has 0 aromatic heterocycles. The summed E-state index contributed by atoms with van der Waals surface area (Å²) in [6.45, 7) is 0. The van der Waals surface area contributed by atoms with Crippen LogP contribution in [0.2, 0.25) is 0 Å². The van der Waals surface area contributed by atoms with Crippen molar-refractivity contribution in [3.8, 4) is 0 Å². The maximum Gasteiger partial charge on any atom is 0.00187 e. The first kappa shape index (κ1) is 6.66. The molecule has 11 heavy (non-hydrogen) atoms. The van der Waals surface area contributed by atoms with Crippen LogP contribution >= 0.6 is 0 Å². The van der Waals surface area contributed by atoms with Crippen LogP contribution < -0.4 is 0 Å². The van der Waals surface area contributed by atoms with Crippen LogP contribution in [0.15, 0.2) is 48.6 Å². The fraction of sp³-hybridized carbons (Fsp3) is 0.273. The summed E-state index contributed by atoms with van der Waals surface area (Å²) in [6.07, 6.45) is 18.8. The van der Waals surface area contributed by atoms with E-state index in [0.29, 0.717) is 11.8 Å². The standard InChI is InChI=1S/C11H12/c1-2-6-10(7-3-1)11-8-4-5-9-11/h1-6,8-11H,7H2. The second-order valence-corrected chi connectivity index (χ2v) is 3.06. The average molecular weight is 144 g/mol. The summed E-state index contributed by atoms with van der Waals surface area (Å²) in [5, 5.41) is 0. The largest absolute Gasteiger partial charge is 0.0839 e. The van der Waals surface area contributed by atoms with Gasteiger partial charge in [0.15, 0.2) is 0 Å². The highest BCUT2D eigenvalue weighted by atomic mass is 14.2. The highest BCUT2D eigenvalue weighted by Gasteiger charge is 2.14. The zero-order valence-corrected chi connectivity index (χ0v) is 6.48. The van der Waals surface area contributed by atoms with Crippen LogP contribution in [0.5, 0.6) is 0 Å². The minimum absolute atomic E-state index is 0.649. The van der Waals surface area contributed by atoms with Crippen LogP contribution in [0.25, 0.3) is 0 Å². The molecule has 2 rings (SSSR count). The van der Waals surface area contributed by atoms with Gasteiger partial charge in [-0.25, -0.2) is 0 Å². The van der Waals surface area contributed by atoms with Crippen molar-refractivity contribution < 1.29 is 0 Å². The predicted octanol–water partition coefficient (Wildman–Crippen LogP) is 2.86. The van der Waals surface area contributed by atoms with Gasteiger partial charge in [-0.2, -0.15) is 0 Å². The third-order valence-electron chi connectivity index (χ3n) is 2.29. The highest BCUT2D eigenvalue weighted by molar-refractivity contribution is 5.23. The predicted molar refractivity (Wildman–Crippen MR) is 48.2 cm³/mol. The Morgan fingerprint density at radius 1 is 0.818 bits per heavy atom. The minimum Gasteiger partial charge on any atom is -0.0839 e. The van der Waals surface area contributed by atoms with E-state index in [1.165, 1.54) is 6.42 Å². The molecular weight excluding hydrogens is 132 g/mol. The van der Waals surface area contributed by atoms with E-state index in [4.69, 9.17) is 0 Å². The monoisotopic (exact) mass is 144 g/mol. The summed E-state index contributed by atoms with van der Waals surface area (Å²) in [6, 6.07) is 0. The van der Waals surface area contributed by atoms with E-state index < -0.39 is 0 Å². The SMILES string of the molecule is C1=CCC(C2C=CC=C2)C=C1. The van der Waals surface area contributed by atoms with Crippen LogP contribution in [-0.2, 0) is 0 Å². The Balaban J connectivity index is 2.05. The van der Waals surface area contributed by atoms with Gasteiger partial charge in [0, 0.05) is 5.92 Å². The number of allylic oxidation sites excluding steroid dienone is 8. The lowest BCUT2D eigenvalue weighted by molar-refractivity contribution is 0.565. The Kier molecular flexibility index (Phi) is 1.76. The summed E-state index contributed by atoms with van der Waals surface area (Å²) >= 11 is 0. The summed E-state index contributed by atoms with van der Waals surface area (Å²) < 4.78 is 0. The van der Waals surface area contributed by atoms with E-state index in [1.54, 1.807) is 0 Å². The molecule has 0 aromatic carbocycles. The summed E-state index contributed by atoms with van der Waals surface area (Å²) in [5.74, 6) is 1.35. The van der Waals surface area contributed by atoms with Gasteiger partial charge in [-0.1, -0.05) is 48.6 Å². The molecule has 0 aliphatic heterocycles. The van der Waals surface area contributed by atoms with Gasteiger partial charge in [0.05, 0.1) is 0 Å². The van der Waals surface area contributed by atoms with Gasteiger partial charge in [0.1, 0.15) is 0 Å². The van der Waals surface area contributed by atoms with E-state index in [0.717, 1.165) is 0 Å². The van der Waals surface area contributed by atoms with Gasteiger partial charge in [0.25, 0.3) is 0 Å². The maximum atomic E-state index is 2.30. The van der Waals surface area contributed by atoms with Crippen LogP contribution in [0.1, 0.15) is 6.42 Å². The van der Waals surface area contributed by atoms with E-state index in [1.807, 2.05) is 0 Å². The summed E-state index contributed by atoms with van der Waals surface area (Å²) in [4.78, 5) is 0. The van der Waals surface area contributed by atoms with Crippen molar-refractivity contribution in [2.24, 2.45) is 11.8 Å². The molecular formula is C11H12. The second-order valence-electron chi connectivity index (χ2n) is 3.06. The van der Waals surface area contributed by atoms with Crippen molar-refractivity contribution in [2.45, 2.75) is 6.42 Å². The normalized spacial score (nSPS) is 28.5. The molecule has 0 bridgehead atoms. The zero-order chi connectivity index (χ0) is 7.52. The van der Waals surface area contributed by atoms with Crippen LogP contribution in [0.4, 0.5) is 0 Å². The van der Waals surface area contributed by atoms with Gasteiger partial charge in [-0.3, -0.25) is 0 Å². The Bertz CT molecular complexity index is 229. The van der Waals surface area contributed by atoms with Gasteiger partial charge in [0.2, 0.25) is 0 Å². The first-order valence-electron chi connectivity index (χ1n) is 4.15. The molecule has 0 N–H and O–H groups in total. The van der Waals surface area contributed by atoms with Crippen LogP contribution in [0, 0.1) is 11.8 Å². The molecule has 2 aliphatic rings. The van der Waals surface area contributed by atoms with E-state index in [9.17, 15) is 0 Å². The maximum absolute atomic E-state index is 2.30. The summed E-state index contributed by atoms with van der Waals surface area (Å²) in [5.41, 5.74) is 0. The van der Waals surface area contributed by atoms with Crippen LogP contribution in [0.3, 0.4) is 0 Å². The fourth-order valence-corrected chi connectivity index (χ4v) is 1.62. The van der Waals surface area contributed by atoms with Crippen molar-refractivity contribution in [2.75, 3.05) is 0 Å². The molecule has 0 saturated carbocycles. The molecule has 0 saturated heterocycles. The van der Waals surface area contributed by atoms with Crippen molar-refractivity contribution in [3.63, 3.8) is 0 Å². The number of hydrogen-bond acceptors (Lipinski definition) is 0. The van der Waals surface area contributed by atoms with Gasteiger partial charge in [-0.05, 0) is 12.3 Å². The topological polar surface area (TPSA) is 0 Å². The molecule has 1 atom stereocenters. The lowest BCUT2D eigenvalue weighted by Crippen LogP contribution is -2.06. The molecule has 0 heteroatoms. The summed E-state index contributed by atoms with van der Waals surface area (Å²) in [7, 11) is 0. The zero-order valence-electron chi connectivity index (χ0n) is 6.48. The molecule has 0 fully saturated rings. The Morgan fingerprint density at radius 2 is 1.55 bits per heavy atom. The molecule has 56 valence electrons. The Labute approximate surface area is 67.6 Å². The Morgan fingerprint density at radius 3 is 2.18 bits per heavy atom. The third-order valence-corrected chi connectivity index (χ3v) is 2.29. The Hall–Kier alpha value is -1.04. The highest BCUT2D eigenvalue weighted by Crippen LogP contribution is 2.26. The minimum atomic E-state index is 0.649. The van der Waals surface area contributed by atoms with E-state index >= 15 is 0 Å². The van der Waals surface area contributed by atoms with E-state index in [-0.39, 0.29) is 0 Å². The lowest BCUT2D eigenvalue weighted by Gasteiger charge is -2.16. The number of hydrogen-bond donors (Lipinski definition) is 0. The average Bonchev–Trinajstić information content (AvgIpc) is 2.58. The van der Waals surface area contributed by atoms with Crippen LogP contribution in [-0.4, -0.2) is 0 Å². The smallest absolute Gasteiger partial charge is 0.00187 e. The van der Waals surface area contributed by atoms with Crippen molar-refractivity contribution in [1.82, 2.24) is 0 Å². The van der Waals surface area contributed by atoms with E-state index in [2.05, 4.69) is 48.6 Å². The van der Waals surface area contributed by atoms with Crippen molar-refractivity contribution in [3.05, 3.63) is 48.6 Å². The molecule has 0 heterocycles. The number of rotatable bonds is 1. The first-order chi connectivity index (χ1) is 5.47. The molecule has 2 aliphatic carbocycles. The quantitative estimate of drug-likeness (QED) is 0.531. The molecule has 0 radical (unpaired) electrons. The van der Waals surface area contributed by atoms with Crippen molar-refractivity contribution in [1.29, 1.82) is 0 Å².